The maximum absolute atomic E-state index is 9.86. The van der Waals surface area contributed by atoms with Gasteiger partial charge in [-0.05, 0) is 30.2 Å². The first-order valence-electron chi connectivity index (χ1n) is 3.07. The highest BCUT2D eigenvalue weighted by atomic mass is 32.1. The van der Waals surface area contributed by atoms with Crippen LogP contribution in [0.2, 0.25) is 0 Å². The van der Waals surface area contributed by atoms with Crippen molar-refractivity contribution in [3.63, 3.8) is 0 Å². The Labute approximate surface area is 70.8 Å². The van der Waals surface area contributed by atoms with Crippen molar-refractivity contribution < 1.29 is 4.79 Å². The zero-order valence-electron chi connectivity index (χ0n) is 5.74. The highest BCUT2D eigenvalue weighted by Crippen LogP contribution is 2.05. The summed E-state index contributed by atoms with van der Waals surface area (Å²) in [6, 6.07) is 7.30. The summed E-state index contributed by atoms with van der Waals surface area (Å²) >= 11 is 4.10. The van der Waals surface area contributed by atoms with Gasteiger partial charge < -0.3 is 0 Å². The van der Waals surface area contributed by atoms with Gasteiger partial charge in [0, 0.05) is 10.5 Å². The van der Waals surface area contributed by atoms with E-state index in [0.29, 0.717) is 6.29 Å². The van der Waals surface area contributed by atoms with Crippen LogP contribution in [0.25, 0.3) is 0 Å². The van der Waals surface area contributed by atoms with E-state index in [-0.39, 0.29) is 0 Å². The summed E-state index contributed by atoms with van der Waals surface area (Å²) in [5.74, 6) is 5.00. The lowest BCUT2D eigenvalue weighted by Crippen LogP contribution is -1.72. The summed E-state index contributed by atoms with van der Waals surface area (Å²) in [5, 5.41) is 0. The van der Waals surface area contributed by atoms with Crippen molar-refractivity contribution >= 4 is 18.9 Å². The molecule has 0 saturated heterocycles. The molecule has 0 fully saturated rings. The number of carbonyl (C=O) groups is 1. The summed E-state index contributed by atoms with van der Waals surface area (Å²) in [6.45, 7) is 0. The van der Waals surface area contributed by atoms with Crippen molar-refractivity contribution in [1.82, 2.24) is 0 Å². The smallest absolute Gasteiger partial charge is 0.193 e. The maximum Gasteiger partial charge on any atom is 0.193 e. The zero-order valence-corrected chi connectivity index (χ0v) is 6.64. The van der Waals surface area contributed by atoms with Gasteiger partial charge in [-0.2, -0.15) is 0 Å². The first kappa shape index (κ1) is 7.90. The van der Waals surface area contributed by atoms with Crippen LogP contribution < -0.4 is 0 Å². The van der Waals surface area contributed by atoms with Crippen LogP contribution in [0, 0.1) is 11.8 Å². The van der Waals surface area contributed by atoms with Gasteiger partial charge in [0.05, 0.1) is 0 Å². The van der Waals surface area contributed by atoms with E-state index in [9.17, 15) is 4.79 Å². The van der Waals surface area contributed by atoms with Crippen molar-refractivity contribution in [3.05, 3.63) is 29.8 Å². The van der Waals surface area contributed by atoms with Gasteiger partial charge in [-0.3, -0.25) is 4.79 Å². The Morgan fingerprint density at radius 3 is 2.45 bits per heavy atom. The molecular formula is C9H6OS. The van der Waals surface area contributed by atoms with E-state index >= 15 is 0 Å². The average molecular weight is 162 g/mol. The molecule has 0 aliphatic rings. The standard InChI is InChI=1S/C9H6OS/c10-7-1-2-8-3-5-9(11)6-4-8/h3-7,11H. The number of carbonyl (C=O) groups excluding carboxylic acids is 1. The Morgan fingerprint density at radius 2 is 1.91 bits per heavy atom. The Balaban J connectivity index is 2.90. The Bertz CT molecular complexity index is 303. The Kier molecular flexibility index (Phi) is 2.76. The second-order valence-electron chi connectivity index (χ2n) is 1.93. The number of hydrogen-bond acceptors (Lipinski definition) is 2. The normalized spacial score (nSPS) is 8.09. The molecule has 0 bridgehead atoms. The summed E-state index contributed by atoms with van der Waals surface area (Å²) in [5.41, 5.74) is 0.829. The second kappa shape index (κ2) is 3.85. The molecule has 0 amide bonds. The van der Waals surface area contributed by atoms with E-state index < -0.39 is 0 Å². The second-order valence-corrected chi connectivity index (χ2v) is 2.45. The van der Waals surface area contributed by atoms with Gasteiger partial charge in [0.2, 0.25) is 0 Å². The molecule has 1 aromatic rings. The molecule has 0 spiro atoms. The predicted octanol–water partition coefficient (Wildman–Crippen LogP) is 1.53. The summed E-state index contributed by atoms with van der Waals surface area (Å²) < 4.78 is 0. The maximum atomic E-state index is 9.86. The topological polar surface area (TPSA) is 17.1 Å². The lowest BCUT2D eigenvalue weighted by atomic mass is 10.2. The predicted molar refractivity (Wildman–Crippen MR) is 46.6 cm³/mol. The molecule has 11 heavy (non-hydrogen) atoms. The van der Waals surface area contributed by atoms with Crippen molar-refractivity contribution in [1.29, 1.82) is 0 Å². The minimum absolute atomic E-state index is 0.578. The van der Waals surface area contributed by atoms with E-state index in [1.54, 1.807) is 0 Å². The summed E-state index contributed by atoms with van der Waals surface area (Å²) in [4.78, 5) is 10.7. The summed E-state index contributed by atoms with van der Waals surface area (Å²) in [7, 11) is 0. The van der Waals surface area contributed by atoms with E-state index in [2.05, 4.69) is 24.5 Å². The zero-order chi connectivity index (χ0) is 8.10. The highest BCUT2D eigenvalue weighted by molar-refractivity contribution is 7.80. The van der Waals surface area contributed by atoms with Crippen LogP contribution in [0.4, 0.5) is 0 Å². The minimum atomic E-state index is 0.578. The fourth-order valence-corrected chi connectivity index (χ4v) is 0.807. The molecule has 54 valence electrons. The molecule has 0 radical (unpaired) electrons. The van der Waals surface area contributed by atoms with Crippen LogP contribution in [0.15, 0.2) is 29.2 Å². The average Bonchev–Trinajstić information content (AvgIpc) is 2.04. The SMILES string of the molecule is O=CC#Cc1ccc(S)cc1. The molecule has 0 unspecified atom stereocenters. The molecular weight excluding hydrogens is 156 g/mol. The number of rotatable bonds is 0. The van der Waals surface area contributed by atoms with Gasteiger partial charge >= 0.3 is 0 Å². The lowest BCUT2D eigenvalue weighted by molar-refractivity contribution is -0.103. The molecule has 0 atom stereocenters. The Hall–Kier alpha value is -1.20. The molecule has 0 aliphatic heterocycles. The highest BCUT2D eigenvalue weighted by Gasteiger charge is 1.84. The van der Waals surface area contributed by atoms with Gasteiger partial charge in [-0.15, -0.1) is 12.6 Å². The third-order valence-electron chi connectivity index (χ3n) is 1.14. The van der Waals surface area contributed by atoms with Crippen LogP contribution in [-0.4, -0.2) is 6.29 Å². The Morgan fingerprint density at radius 1 is 1.27 bits per heavy atom. The van der Waals surface area contributed by atoms with E-state index in [1.807, 2.05) is 24.3 Å². The van der Waals surface area contributed by atoms with E-state index in [1.165, 1.54) is 0 Å². The van der Waals surface area contributed by atoms with Crippen LogP contribution in [-0.2, 0) is 4.79 Å². The molecule has 0 heterocycles. The quantitative estimate of drug-likeness (QED) is 0.348. The number of thiol groups is 1. The van der Waals surface area contributed by atoms with Gasteiger partial charge in [0.25, 0.3) is 0 Å². The van der Waals surface area contributed by atoms with Gasteiger partial charge in [-0.1, -0.05) is 5.92 Å². The lowest BCUT2D eigenvalue weighted by Gasteiger charge is -1.89. The van der Waals surface area contributed by atoms with Gasteiger partial charge in [0.1, 0.15) is 0 Å². The molecule has 0 aromatic heterocycles. The third kappa shape index (κ3) is 2.48. The monoisotopic (exact) mass is 162 g/mol. The number of hydrogen-bond donors (Lipinski definition) is 1. The molecule has 0 N–H and O–H groups in total. The minimum Gasteiger partial charge on any atom is -0.289 e. The number of aldehydes is 1. The van der Waals surface area contributed by atoms with Crippen LogP contribution in [0.3, 0.4) is 0 Å². The molecule has 1 aromatic carbocycles. The molecule has 0 aliphatic carbocycles. The fraction of sp³-hybridized carbons (Fsp3) is 0. The number of benzene rings is 1. The molecule has 1 nitrogen and oxygen atoms in total. The van der Waals surface area contributed by atoms with Crippen LogP contribution in [0.1, 0.15) is 5.56 Å². The van der Waals surface area contributed by atoms with Crippen molar-refractivity contribution in [2.75, 3.05) is 0 Å². The van der Waals surface area contributed by atoms with E-state index in [0.717, 1.165) is 10.5 Å². The van der Waals surface area contributed by atoms with Crippen molar-refractivity contribution in [2.24, 2.45) is 0 Å². The first-order chi connectivity index (χ1) is 5.33. The van der Waals surface area contributed by atoms with Gasteiger partial charge in [-0.25, -0.2) is 0 Å². The van der Waals surface area contributed by atoms with Crippen molar-refractivity contribution in [2.45, 2.75) is 4.90 Å². The summed E-state index contributed by atoms with van der Waals surface area (Å²) in [6.07, 6.45) is 0.578. The van der Waals surface area contributed by atoms with Crippen molar-refractivity contribution in [3.8, 4) is 11.8 Å². The fourth-order valence-electron chi connectivity index (χ4n) is 0.658. The molecule has 0 saturated carbocycles. The third-order valence-corrected chi connectivity index (χ3v) is 1.44. The molecule has 2 heteroatoms. The molecule has 1 rings (SSSR count). The van der Waals surface area contributed by atoms with E-state index in [4.69, 9.17) is 0 Å². The van der Waals surface area contributed by atoms with Crippen LogP contribution in [0.5, 0.6) is 0 Å². The first-order valence-corrected chi connectivity index (χ1v) is 3.52. The van der Waals surface area contributed by atoms with Crippen LogP contribution >= 0.6 is 12.6 Å². The van der Waals surface area contributed by atoms with Gasteiger partial charge in [0.15, 0.2) is 6.29 Å². The largest absolute Gasteiger partial charge is 0.289 e.